The number of rotatable bonds is 12. The molecule has 22 heavy (non-hydrogen) atoms. The van der Waals surface area contributed by atoms with Crippen molar-refractivity contribution < 1.29 is 19.8 Å². The monoisotopic (exact) mass is 314 g/mol. The largest absolute Gasteiger partial charge is 0.480 e. The van der Waals surface area contributed by atoms with Gasteiger partial charge in [-0.05, 0) is 26.7 Å². The smallest absolute Gasteiger partial charge is 0.320 e. The fourth-order valence-electron chi connectivity index (χ4n) is 1.98. The van der Waals surface area contributed by atoms with Crippen molar-refractivity contribution >= 4 is 11.9 Å². The molecule has 2 unspecified atom stereocenters. The average Bonchev–Trinajstić information content (AvgIpc) is 2.44. The third-order valence-corrected chi connectivity index (χ3v) is 3.29. The molecular weight excluding hydrogens is 284 g/mol. The SMILES string of the molecule is CCC/C=C/CCC(=O)NCCN(CC(C)O)C(C)C(=O)O. The van der Waals surface area contributed by atoms with Crippen molar-refractivity contribution in [3.63, 3.8) is 0 Å². The Morgan fingerprint density at radius 2 is 1.86 bits per heavy atom. The lowest BCUT2D eigenvalue weighted by Gasteiger charge is -2.27. The number of aliphatic carboxylic acids is 1. The van der Waals surface area contributed by atoms with E-state index in [-0.39, 0.29) is 12.5 Å². The van der Waals surface area contributed by atoms with E-state index >= 15 is 0 Å². The van der Waals surface area contributed by atoms with Gasteiger partial charge in [0.05, 0.1) is 6.10 Å². The molecule has 128 valence electrons. The number of hydrogen-bond donors (Lipinski definition) is 3. The fraction of sp³-hybridized carbons (Fsp3) is 0.750. The summed E-state index contributed by atoms with van der Waals surface area (Å²) < 4.78 is 0. The highest BCUT2D eigenvalue weighted by Crippen LogP contribution is 2.01. The van der Waals surface area contributed by atoms with Gasteiger partial charge in [-0.15, -0.1) is 0 Å². The maximum atomic E-state index is 11.7. The van der Waals surface area contributed by atoms with Crippen molar-refractivity contribution in [2.75, 3.05) is 19.6 Å². The van der Waals surface area contributed by atoms with Gasteiger partial charge in [-0.25, -0.2) is 0 Å². The van der Waals surface area contributed by atoms with Gasteiger partial charge in [-0.1, -0.05) is 25.5 Å². The van der Waals surface area contributed by atoms with Crippen LogP contribution in [0.2, 0.25) is 0 Å². The van der Waals surface area contributed by atoms with Crippen LogP contribution in [0.3, 0.4) is 0 Å². The molecule has 0 saturated carbocycles. The normalized spacial score (nSPS) is 14.2. The lowest BCUT2D eigenvalue weighted by molar-refractivity contribution is -0.143. The van der Waals surface area contributed by atoms with E-state index in [4.69, 9.17) is 5.11 Å². The van der Waals surface area contributed by atoms with Crippen LogP contribution in [0.1, 0.15) is 46.5 Å². The molecule has 2 atom stereocenters. The quantitative estimate of drug-likeness (QED) is 0.474. The van der Waals surface area contributed by atoms with E-state index in [1.807, 2.05) is 6.08 Å². The minimum atomic E-state index is -0.937. The Morgan fingerprint density at radius 3 is 2.41 bits per heavy atom. The lowest BCUT2D eigenvalue weighted by Crippen LogP contribution is -2.46. The van der Waals surface area contributed by atoms with E-state index in [0.717, 1.165) is 19.3 Å². The standard InChI is InChI=1S/C16H30N2O4/c1-4-5-6-7-8-9-15(20)17-10-11-18(12-13(2)19)14(3)16(21)22/h6-7,13-14,19H,4-5,8-12H2,1-3H3,(H,17,20)(H,21,22)/b7-6+. The van der Waals surface area contributed by atoms with Gasteiger partial charge in [0.15, 0.2) is 0 Å². The van der Waals surface area contributed by atoms with Gasteiger partial charge in [0.2, 0.25) is 5.91 Å². The van der Waals surface area contributed by atoms with Gasteiger partial charge < -0.3 is 15.5 Å². The van der Waals surface area contributed by atoms with E-state index in [1.165, 1.54) is 0 Å². The molecule has 6 heteroatoms. The van der Waals surface area contributed by atoms with Crippen molar-refractivity contribution in [3.8, 4) is 0 Å². The summed E-state index contributed by atoms with van der Waals surface area (Å²) in [6.07, 6.45) is 6.76. The Kier molecular flexibility index (Phi) is 11.4. The van der Waals surface area contributed by atoms with Crippen LogP contribution < -0.4 is 5.32 Å². The molecule has 0 radical (unpaired) electrons. The molecule has 0 bridgehead atoms. The minimum Gasteiger partial charge on any atom is -0.480 e. The van der Waals surface area contributed by atoms with Gasteiger partial charge in [0.25, 0.3) is 0 Å². The first kappa shape index (κ1) is 20.6. The zero-order chi connectivity index (χ0) is 17.0. The molecule has 6 nitrogen and oxygen atoms in total. The highest BCUT2D eigenvalue weighted by Gasteiger charge is 2.21. The molecule has 1 amide bonds. The second-order valence-corrected chi connectivity index (χ2v) is 5.51. The summed E-state index contributed by atoms with van der Waals surface area (Å²) in [5, 5.41) is 21.2. The molecule has 3 N–H and O–H groups in total. The molecule has 0 aliphatic carbocycles. The van der Waals surface area contributed by atoms with Crippen molar-refractivity contribution in [3.05, 3.63) is 12.2 Å². The Morgan fingerprint density at radius 1 is 1.23 bits per heavy atom. The number of unbranched alkanes of at least 4 members (excludes halogenated alkanes) is 1. The first-order valence-corrected chi connectivity index (χ1v) is 7.95. The van der Waals surface area contributed by atoms with Crippen LogP contribution in [-0.4, -0.2) is 58.8 Å². The predicted octanol–water partition coefficient (Wildman–Crippen LogP) is 1.39. The summed E-state index contributed by atoms with van der Waals surface area (Å²) in [6, 6.07) is -0.691. The molecular formula is C16H30N2O4. The third kappa shape index (κ3) is 10.3. The van der Waals surface area contributed by atoms with Gasteiger partial charge in [-0.2, -0.15) is 0 Å². The average molecular weight is 314 g/mol. The maximum absolute atomic E-state index is 11.7. The number of nitrogens with one attached hydrogen (secondary N) is 1. The van der Waals surface area contributed by atoms with Gasteiger partial charge in [-0.3, -0.25) is 14.5 Å². The van der Waals surface area contributed by atoms with E-state index in [1.54, 1.807) is 18.7 Å². The minimum absolute atomic E-state index is 0.0406. The summed E-state index contributed by atoms with van der Waals surface area (Å²) in [4.78, 5) is 24.3. The number of hydrogen-bond acceptors (Lipinski definition) is 4. The first-order chi connectivity index (χ1) is 10.4. The van der Waals surface area contributed by atoms with Crippen LogP contribution in [0.25, 0.3) is 0 Å². The summed E-state index contributed by atoms with van der Waals surface area (Å²) in [7, 11) is 0. The lowest BCUT2D eigenvalue weighted by atomic mass is 10.2. The molecule has 0 aromatic heterocycles. The number of carboxylic acid groups (broad SMARTS) is 1. The Hall–Kier alpha value is -1.40. The van der Waals surface area contributed by atoms with Gasteiger partial charge >= 0.3 is 5.97 Å². The highest BCUT2D eigenvalue weighted by atomic mass is 16.4. The van der Waals surface area contributed by atoms with Crippen molar-refractivity contribution in [1.82, 2.24) is 10.2 Å². The zero-order valence-electron chi connectivity index (χ0n) is 13.9. The van der Waals surface area contributed by atoms with Gasteiger partial charge in [0, 0.05) is 26.1 Å². The molecule has 0 heterocycles. The van der Waals surface area contributed by atoms with E-state index < -0.39 is 18.1 Å². The maximum Gasteiger partial charge on any atom is 0.320 e. The fourth-order valence-corrected chi connectivity index (χ4v) is 1.98. The van der Waals surface area contributed by atoms with Crippen LogP contribution in [-0.2, 0) is 9.59 Å². The summed E-state index contributed by atoms with van der Waals surface area (Å²) in [6.45, 7) is 6.34. The van der Waals surface area contributed by atoms with Crippen LogP contribution >= 0.6 is 0 Å². The van der Waals surface area contributed by atoms with E-state index in [0.29, 0.717) is 19.5 Å². The molecule has 0 aromatic carbocycles. The van der Waals surface area contributed by atoms with Crippen LogP contribution in [0.4, 0.5) is 0 Å². The van der Waals surface area contributed by atoms with Crippen LogP contribution in [0, 0.1) is 0 Å². The van der Waals surface area contributed by atoms with Crippen molar-refractivity contribution in [2.45, 2.75) is 58.6 Å². The first-order valence-electron chi connectivity index (χ1n) is 7.95. The van der Waals surface area contributed by atoms with Crippen molar-refractivity contribution in [2.24, 2.45) is 0 Å². The van der Waals surface area contributed by atoms with Gasteiger partial charge in [0.1, 0.15) is 6.04 Å². The zero-order valence-corrected chi connectivity index (χ0v) is 13.9. The topological polar surface area (TPSA) is 89.9 Å². The van der Waals surface area contributed by atoms with E-state index in [9.17, 15) is 14.7 Å². The summed E-state index contributed by atoms with van der Waals surface area (Å²) in [5.74, 6) is -0.978. The molecule has 0 saturated heterocycles. The number of allylic oxidation sites excluding steroid dienone is 2. The van der Waals surface area contributed by atoms with Crippen molar-refractivity contribution in [1.29, 1.82) is 0 Å². The third-order valence-electron chi connectivity index (χ3n) is 3.29. The number of carboxylic acids is 1. The second kappa shape index (κ2) is 12.2. The molecule has 0 aliphatic heterocycles. The molecule has 0 aliphatic rings. The molecule has 0 rings (SSSR count). The Labute approximate surface area is 133 Å². The Balaban J connectivity index is 4.05. The second-order valence-electron chi connectivity index (χ2n) is 5.51. The number of carbonyl (C=O) groups excluding carboxylic acids is 1. The van der Waals surface area contributed by atoms with Crippen LogP contribution in [0.15, 0.2) is 12.2 Å². The Bertz CT molecular complexity index is 356. The van der Waals surface area contributed by atoms with Crippen LogP contribution in [0.5, 0.6) is 0 Å². The predicted molar refractivity (Wildman–Crippen MR) is 86.6 cm³/mol. The summed E-state index contributed by atoms with van der Waals surface area (Å²) >= 11 is 0. The molecule has 0 spiro atoms. The highest BCUT2D eigenvalue weighted by molar-refractivity contribution is 5.76. The number of carbonyl (C=O) groups is 2. The number of amides is 1. The molecule has 0 aromatic rings. The number of aliphatic hydroxyl groups excluding tert-OH is 1. The number of aliphatic hydroxyl groups is 1. The van der Waals surface area contributed by atoms with E-state index in [2.05, 4.69) is 18.3 Å². The summed E-state index contributed by atoms with van der Waals surface area (Å²) in [5.41, 5.74) is 0. The number of nitrogens with zero attached hydrogens (tertiary/aromatic N) is 1. The molecule has 0 fully saturated rings.